The Morgan fingerprint density at radius 2 is 1.83 bits per heavy atom. The van der Waals surface area contributed by atoms with Gasteiger partial charge in [-0.3, -0.25) is 14.5 Å². The van der Waals surface area contributed by atoms with Crippen LogP contribution in [0.1, 0.15) is 18.1 Å². The van der Waals surface area contributed by atoms with Crippen LogP contribution in [0.2, 0.25) is 0 Å². The van der Waals surface area contributed by atoms with Crippen LogP contribution in [-0.4, -0.2) is 60.4 Å². The Kier molecular flexibility index (Phi) is 7.66. The van der Waals surface area contributed by atoms with Gasteiger partial charge in [-0.1, -0.05) is 12.1 Å². The highest BCUT2D eigenvalue weighted by molar-refractivity contribution is 5.93. The number of rotatable bonds is 4. The lowest BCUT2D eigenvalue weighted by Crippen LogP contribution is -2.53. The molecule has 1 aromatic rings. The minimum absolute atomic E-state index is 0. The largest absolute Gasteiger partial charge is 0.339 e. The van der Waals surface area contributed by atoms with Crippen LogP contribution in [0, 0.1) is 13.8 Å². The summed E-state index contributed by atoms with van der Waals surface area (Å²) in [4.78, 5) is 27.9. The third-order valence-corrected chi connectivity index (χ3v) is 4.32. The van der Waals surface area contributed by atoms with Gasteiger partial charge in [-0.2, -0.15) is 0 Å². The maximum Gasteiger partial charge on any atom is 0.239 e. The van der Waals surface area contributed by atoms with Crippen LogP contribution in [0.25, 0.3) is 0 Å². The zero-order valence-electron chi connectivity index (χ0n) is 14.5. The van der Waals surface area contributed by atoms with Gasteiger partial charge in [-0.05, 0) is 38.0 Å². The Balaban J connectivity index is 0.00000288. The van der Waals surface area contributed by atoms with E-state index >= 15 is 0 Å². The topological polar surface area (TPSA) is 78.7 Å². The van der Waals surface area contributed by atoms with Gasteiger partial charge in [-0.15, -0.1) is 12.4 Å². The molecule has 0 saturated carbocycles. The van der Waals surface area contributed by atoms with E-state index in [1.807, 2.05) is 32.0 Å². The number of nitrogens with zero attached hydrogens (tertiary/aromatic N) is 2. The van der Waals surface area contributed by atoms with E-state index in [0.717, 1.165) is 16.8 Å². The summed E-state index contributed by atoms with van der Waals surface area (Å²) in [5.74, 6) is -0.0462. The molecule has 0 aliphatic carbocycles. The van der Waals surface area contributed by atoms with Crippen LogP contribution in [-0.2, 0) is 9.59 Å². The number of nitrogens with two attached hydrogens (primary N) is 1. The molecular formula is C17H27ClN4O2. The Bertz CT molecular complexity index is 584. The van der Waals surface area contributed by atoms with Crippen molar-refractivity contribution >= 4 is 29.9 Å². The van der Waals surface area contributed by atoms with E-state index in [-0.39, 0.29) is 24.2 Å². The Hall–Kier alpha value is -1.63. The van der Waals surface area contributed by atoms with E-state index in [4.69, 9.17) is 5.73 Å². The molecule has 134 valence electrons. The van der Waals surface area contributed by atoms with Crippen LogP contribution in [0.5, 0.6) is 0 Å². The predicted molar refractivity (Wildman–Crippen MR) is 98.5 cm³/mol. The number of carbonyl (C=O) groups excluding carboxylic acids is 2. The van der Waals surface area contributed by atoms with Crippen LogP contribution >= 0.6 is 12.4 Å². The van der Waals surface area contributed by atoms with Crippen molar-refractivity contribution in [2.75, 3.05) is 38.0 Å². The second-order valence-electron chi connectivity index (χ2n) is 6.19. The Morgan fingerprint density at radius 3 is 2.42 bits per heavy atom. The lowest BCUT2D eigenvalue weighted by atomic mass is 10.1. The van der Waals surface area contributed by atoms with E-state index in [2.05, 4.69) is 10.2 Å². The monoisotopic (exact) mass is 354 g/mol. The van der Waals surface area contributed by atoms with Crippen molar-refractivity contribution in [2.45, 2.75) is 26.8 Å². The van der Waals surface area contributed by atoms with E-state index in [1.165, 1.54) is 0 Å². The van der Waals surface area contributed by atoms with E-state index in [1.54, 1.807) is 11.8 Å². The summed E-state index contributed by atoms with van der Waals surface area (Å²) in [6.07, 6.45) is 0. The molecule has 1 saturated heterocycles. The fraction of sp³-hybridized carbons (Fsp3) is 0.529. The molecular weight excluding hydrogens is 328 g/mol. The highest BCUT2D eigenvalue weighted by Gasteiger charge is 2.24. The zero-order valence-corrected chi connectivity index (χ0v) is 15.4. The second kappa shape index (κ2) is 9.01. The number of benzene rings is 1. The molecule has 7 heteroatoms. The molecule has 24 heavy (non-hydrogen) atoms. The van der Waals surface area contributed by atoms with E-state index < -0.39 is 6.04 Å². The lowest BCUT2D eigenvalue weighted by molar-refractivity contribution is -0.134. The Labute approximate surface area is 149 Å². The molecule has 1 aliphatic rings. The first-order valence-corrected chi connectivity index (χ1v) is 8.01. The number of piperazine rings is 1. The van der Waals surface area contributed by atoms with Crippen molar-refractivity contribution in [3.63, 3.8) is 0 Å². The standard InChI is InChI=1S/C17H26N4O2.ClH/c1-12-5-4-6-15(13(12)2)19-16(22)11-20-7-9-21(10-8-20)17(23)14(3)18;/h4-6,14H,7-11,18H2,1-3H3,(H,19,22);1H. The highest BCUT2D eigenvalue weighted by Crippen LogP contribution is 2.17. The highest BCUT2D eigenvalue weighted by atomic mass is 35.5. The third-order valence-electron chi connectivity index (χ3n) is 4.32. The first kappa shape index (κ1) is 20.4. The number of hydrogen-bond donors (Lipinski definition) is 2. The normalized spacial score (nSPS) is 16.2. The van der Waals surface area contributed by atoms with Gasteiger partial charge in [0, 0.05) is 31.9 Å². The van der Waals surface area contributed by atoms with Gasteiger partial charge >= 0.3 is 0 Å². The van der Waals surface area contributed by atoms with Crippen molar-refractivity contribution in [3.8, 4) is 0 Å². The molecule has 0 aromatic heterocycles. The smallest absolute Gasteiger partial charge is 0.239 e. The minimum Gasteiger partial charge on any atom is -0.339 e. The summed E-state index contributed by atoms with van der Waals surface area (Å²) < 4.78 is 0. The number of anilines is 1. The average molecular weight is 355 g/mol. The maximum atomic E-state index is 12.2. The zero-order chi connectivity index (χ0) is 17.0. The molecule has 1 fully saturated rings. The number of carbonyl (C=O) groups is 2. The van der Waals surface area contributed by atoms with Crippen molar-refractivity contribution < 1.29 is 9.59 Å². The SMILES string of the molecule is Cc1cccc(NC(=O)CN2CCN(C(=O)C(C)N)CC2)c1C.Cl. The maximum absolute atomic E-state index is 12.2. The predicted octanol–water partition coefficient (Wildman–Crippen LogP) is 1.16. The molecule has 0 spiro atoms. The fourth-order valence-electron chi connectivity index (χ4n) is 2.69. The lowest BCUT2D eigenvalue weighted by Gasteiger charge is -2.35. The van der Waals surface area contributed by atoms with Gasteiger partial charge in [0.1, 0.15) is 0 Å². The molecule has 3 N–H and O–H groups in total. The van der Waals surface area contributed by atoms with Gasteiger partial charge < -0.3 is 16.0 Å². The van der Waals surface area contributed by atoms with Gasteiger partial charge in [-0.25, -0.2) is 0 Å². The van der Waals surface area contributed by atoms with Gasteiger partial charge in [0.25, 0.3) is 0 Å². The molecule has 0 radical (unpaired) electrons. The van der Waals surface area contributed by atoms with Crippen molar-refractivity contribution in [3.05, 3.63) is 29.3 Å². The van der Waals surface area contributed by atoms with E-state index in [9.17, 15) is 9.59 Å². The fourth-order valence-corrected chi connectivity index (χ4v) is 2.69. The summed E-state index contributed by atoms with van der Waals surface area (Å²) >= 11 is 0. The molecule has 1 aliphatic heterocycles. The molecule has 2 amide bonds. The number of hydrogen-bond acceptors (Lipinski definition) is 4. The number of amides is 2. The van der Waals surface area contributed by atoms with Crippen molar-refractivity contribution in [2.24, 2.45) is 5.73 Å². The molecule has 1 unspecified atom stereocenters. The van der Waals surface area contributed by atoms with E-state index in [0.29, 0.717) is 32.7 Å². The molecule has 1 heterocycles. The first-order chi connectivity index (χ1) is 10.9. The molecule has 0 bridgehead atoms. The van der Waals surface area contributed by atoms with Crippen LogP contribution in [0.3, 0.4) is 0 Å². The van der Waals surface area contributed by atoms with Crippen LogP contribution in [0.15, 0.2) is 18.2 Å². The van der Waals surface area contributed by atoms with Gasteiger partial charge in [0.15, 0.2) is 0 Å². The van der Waals surface area contributed by atoms with Crippen molar-refractivity contribution in [1.29, 1.82) is 0 Å². The summed E-state index contributed by atoms with van der Waals surface area (Å²) in [7, 11) is 0. The summed E-state index contributed by atoms with van der Waals surface area (Å²) in [6.45, 7) is 8.70. The first-order valence-electron chi connectivity index (χ1n) is 8.01. The molecule has 1 atom stereocenters. The van der Waals surface area contributed by atoms with Gasteiger partial charge in [0.2, 0.25) is 11.8 Å². The van der Waals surface area contributed by atoms with Crippen molar-refractivity contribution in [1.82, 2.24) is 9.80 Å². The summed E-state index contributed by atoms with van der Waals surface area (Å²) in [5, 5.41) is 2.97. The summed E-state index contributed by atoms with van der Waals surface area (Å²) in [5.41, 5.74) is 8.74. The number of aryl methyl sites for hydroxylation is 1. The van der Waals surface area contributed by atoms with Crippen LogP contribution in [0.4, 0.5) is 5.69 Å². The Morgan fingerprint density at radius 1 is 1.21 bits per heavy atom. The molecule has 2 rings (SSSR count). The second-order valence-corrected chi connectivity index (χ2v) is 6.19. The summed E-state index contributed by atoms with van der Waals surface area (Å²) in [6, 6.07) is 5.42. The van der Waals surface area contributed by atoms with Gasteiger partial charge in [0.05, 0.1) is 12.6 Å². The average Bonchev–Trinajstić information content (AvgIpc) is 2.52. The third kappa shape index (κ3) is 5.19. The van der Waals surface area contributed by atoms with Crippen LogP contribution < -0.4 is 11.1 Å². The molecule has 1 aromatic carbocycles. The number of halogens is 1. The molecule has 6 nitrogen and oxygen atoms in total. The number of nitrogens with one attached hydrogen (secondary N) is 1. The minimum atomic E-state index is -0.464. The quantitative estimate of drug-likeness (QED) is 0.850.